The highest BCUT2D eigenvalue weighted by Gasteiger charge is 2.11. The van der Waals surface area contributed by atoms with Crippen molar-refractivity contribution in [1.82, 2.24) is 10.1 Å². The number of hydrogen-bond acceptors (Lipinski definition) is 5. The first-order valence-corrected chi connectivity index (χ1v) is 7.84. The van der Waals surface area contributed by atoms with E-state index in [2.05, 4.69) is 20.8 Å². The van der Waals surface area contributed by atoms with E-state index in [1.54, 1.807) is 0 Å². The minimum atomic E-state index is -0.0550. The molecule has 0 unspecified atom stereocenters. The van der Waals surface area contributed by atoms with Gasteiger partial charge in [0.05, 0.1) is 6.54 Å². The predicted octanol–water partition coefficient (Wildman–Crippen LogP) is 3.71. The second-order valence-corrected chi connectivity index (χ2v) is 6.23. The second kappa shape index (κ2) is 7.26. The lowest BCUT2D eigenvalue weighted by molar-refractivity contribution is -0.118. The van der Waals surface area contributed by atoms with Crippen molar-refractivity contribution in [1.29, 1.82) is 0 Å². The molecule has 1 aromatic heterocycles. The molecule has 0 aliphatic rings. The summed E-state index contributed by atoms with van der Waals surface area (Å²) in [6.07, 6.45) is 0. The fourth-order valence-electron chi connectivity index (χ4n) is 1.92. The summed E-state index contributed by atoms with van der Waals surface area (Å²) < 4.78 is 5.22. The van der Waals surface area contributed by atoms with Gasteiger partial charge < -0.3 is 15.2 Å². The maximum absolute atomic E-state index is 11.8. The summed E-state index contributed by atoms with van der Waals surface area (Å²) in [5, 5.41) is 10.1. The van der Waals surface area contributed by atoms with E-state index in [1.165, 1.54) is 0 Å². The van der Waals surface area contributed by atoms with E-state index in [1.807, 2.05) is 52.8 Å². The number of rotatable bonds is 6. The Bertz CT molecular complexity index is 677. The number of nitrogens with one attached hydrogen (secondary N) is 2. The first kappa shape index (κ1) is 17.0. The summed E-state index contributed by atoms with van der Waals surface area (Å²) in [5.41, 5.74) is 2.78. The maximum atomic E-state index is 11.8. The topological polar surface area (TPSA) is 80.0 Å². The third-order valence-corrected chi connectivity index (χ3v) is 3.46. The van der Waals surface area contributed by atoms with Crippen molar-refractivity contribution in [2.45, 2.75) is 47.1 Å². The molecule has 0 radical (unpaired) electrons. The molecule has 0 spiro atoms. The number of carbonyl (C=O) groups excluding carboxylic acids is 1. The van der Waals surface area contributed by atoms with Crippen LogP contribution in [0.25, 0.3) is 0 Å². The Kier molecular flexibility index (Phi) is 5.36. The Labute approximate surface area is 136 Å². The second-order valence-electron chi connectivity index (χ2n) is 6.23. The molecule has 6 heteroatoms. The highest BCUT2D eigenvalue weighted by Crippen LogP contribution is 2.21. The van der Waals surface area contributed by atoms with E-state index in [4.69, 9.17) is 4.52 Å². The molecule has 0 bridgehead atoms. The number of benzene rings is 1. The van der Waals surface area contributed by atoms with E-state index in [0.29, 0.717) is 18.3 Å². The molecule has 0 fully saturated rings. The zero-order valence-electron chi connectivity index (χ0n) is 14.3. The average molecular weight is 316 g/mol. The van der Waals surface area contributed by atoms with Crippen molar-refractivity contribution in [2.24, 2.45) is 5.92 Å². The van der Waals surface area contributed by atoms with E-state index < -0.39 is 0 Å². The molecule has 1 amide bonds. The van der Waals surface area contributed by atoms with Crippen LogP contribution in [0, 0.1) is 12.8 Å². The van der Waals surface area contributed by atoms with Crippen molar-refractivity contribution in [3.05, 3.63) is 35.5 Å². The number of aryl methyl sites for hydroxylation is 1. The lowest BCUT2D eigenvalue weighted by Crippen LogP contribution is -2.17. The molecule has 0 aliphatic carbocycles. The summed E-state index contributed by atoms with van der Waals surface area (Å²) in [6, 6.07) is 5.77. The minimum absolute atomic E-state index is 0.00159. The van der Waals surface area contributed by atoms with Crippen LogP contribution in [-0.2, 0) is 11.3 Å². The first-order chi connectivity index (χ1) is 10.9. The van der Waals surface area contributed by atoms with Crippen LogP contribution in [0.4, 0.5) is 11.4 Å². The van der Waals surface area contributed by atoms with E-state index >= 15 is 0 Å². The summed E-state index contributed by atoms with van der Waals surface area (Å²) in [5.74, 6) is 1.43. The van der Waals surface area contributed by atoms with Gasteiger partial charge in [0, 0.05) is 23.2 Å². The SMILES string of the molecule is Cc1ccc(NC(=O)C(C)C)cc1NCc1nc(C(C)C)no1. The van der Waals surface area contributed by atoms with Crippen LogP contribution in [-0.4, -0.2) is 16.0 Å². The zero-order valence-corrected chi connectivity index (χ0v) is 14.3. The van der Waals surface area contributed by atoms with Crippen molar-refractivity contribution >= 4 is 17.3 Å². The van der Waals surface area contributed by atoms with Gasteiger partial charge in [-0.1, -0.05) is 38.9 Å². The molecule has 2 aromatic rings. The average Bonchev–Trinajstić information content (AvgIpc) is 2.96. The van der Waals surface area contributed by atoms with Crippen molar-refractivity contribution in [3.63, 3.8) is 0 Å². The van der Waals surface area contributed by atoms with E-state index in [9.17, 15) is 4.79 Å². The smallest absolute Gasteiger partial charge is 0.245 e. The lowest BCUT2D eigenvalue weighted by Gasteiger charge is -2.12. The Balaban J connectivity index is 2.05. The maximum Gasteiger partial charge on any atom is 0.245 e. The molecule has 2 N–H and O–H groups in total. The number of amides is 1. The molecule has 124 valence electrons. The van der Waals surface area contributed by atoms with Crippen LogP contribution in [0.5, 0.6) is 0 Å². The van der Waals surface area contributed by atoms with E-state index in [0.717, 1.165) is 16.9 Å². The van der Waals surface area contributed by atoms with Gasteiger partial charge in [-0.3, -0.25) is 4.79 Å². The summed E-state index contributed by atoms with van der Waals surface area (Å²) in [6.45, 7) is 10.2. The Morgan fingerprint density at radius 2 is 2.00 bits per heavy atom. The number of hydrogen-bond donors (Lipinski definition) is 2. The molecular formula is C17H24N4O2. The van der Waals surface area contributed by atoms with E-state index in [-0.39, 0.29) is 17.7 Å². The summed E-state index contributed by atoms with van der Waals surface area (Å²) in [7, 11) is 0. The van der Waals surface area contributed by atoms with Crippen LogP contribution in [0.3, 0.4) is 0 Å². The van der Waals surface area contributed by atoms with Crippen LogP contribution in [0.1, 0.15) is 50.9 Å². The summed E-state index contributed by atoms with van der Waals surface area (Å²) >= 11 is 0. The molecule has 0 saturated carbocycles. The van der Waals surface area contributed by atoms with Gasteiger partial charge in [-0.25, -0.2) is 0 Å². The Hall–Kier alpha value is -2.37. The first-order valence-electron chi connectivity index (χ1n) is 7.84. The van der Waals surface area contributed by atoms with Crippen molar-refractivity contribution in [2.75, 3.05) is 10.6 Å². The monoisotopic (exact) mass is 316 g/mol. The Morgan fingerprint density at radius 1 is 1.26 bits per heavy atom. The molecule has 0 aliphatic heterocycles. The highest BCUT2D eigenvalue weighted by molar-refractivity contribution is 5.92. The number of anilines is 2. The van der Waals surface area contributed by atoms with Crippen molar-refractivity contribution in [3.8, 4) is 0 Å². The fourth-order valence-corrected chi connectivity index (χ4v) is 1.92. The van der Waals surface area contributed by atoms with Gasteiger partial charge in [-0.15, -0.1) is 0 Å². The van der Waals surface area contributed by atoms with Crippen LogP contribution >= 0.6 is 0 Å². The van der Waals surface area contributed by atoms with Crippen molar-refractivity contribution < 1.29 is 9.32 Å². The fraction of sp³-hybridized carbons (Fsp3) is 0.471. The van der Waals surface area contributed by atoms with Gasteiger partial charge in [-0.05, 0) is 24.6 Å². The van der Waals surface area contributed by atoms with Gasteiger partial charge in [0.15, 0.2) is 5.82 Å². The number of nitrogens with zero attached hydrogens (tertiary/aromatic N) is 2. The van der Waals surface area contributed by atoms with Crippen LogP contribution < -0.4 is 10.6 Å². The largest absolute Gasteiger partial charge is 0.376 e. The molecular weight excluding hydrogens is 292 g/mol. The van der Waals surface area contributed by atoms with Gasteiger partial charge in [0.1, 0.15) is 0 Å². The minimum Gasteiger partial charge on any atom is -0.376 e. The Morgan fingerprint density at radius 3 is 2.61 bits per heavy atom. The highest BCUT2D eigenvalue weighted by atomic mass is 16.5. The molecule has 6 nitrogen and oxygen atoms in total. The standard InChI is InChI=1S/C17H24N4O2/c1-10(2)16-20-15(23-21-16)9-18-14-8-13(7-6-12(14)5)19-17(22)11(3)4/h6-8,10-11,18H,9H2,1-5H3,(H,19,22). The van der Waals surface area contributed by atoms with Gasteiger partial charge in [-0.2, -0.15) is 4.98 Å². The van der Waals surface area contributed by atoms with Crippen LogP contribution in [0.15, 0.2) is 22.7 Å². The number of aromatic nitrogens is 2. The van der Waals surface area contributed by atoms with Crippen LogP contribution in [0.2, 0.25) is 0 Å². The molecule has 1 aromatic carbocycles. The normalized spacial score (nSPS) is 11.1. The lowest BCUT2D eigenvalue weighted by atomic mass is 10.1. The van der Waals surface area contributed by atoms with Gasteiger partial charge >= 0.3 is 0 Å². The number of carbonyl (C=O) groups is 1. The molecule has 0 saturated heterocycles. The molecule has 23 heavy (non-hydrogen) atoms. The van der Waals surface area contributed by atoms with Gasteiger partial charge in [0.25, 0.3) is 0 Å². The molecule has 1 heterocycles. The zero-order chi connectivity index (χ0) is 17.0. The third-order valence-electron chi connectivity index (χ3n) is 3.46. The molecule has 2 rings (SSSR count). The predicted molar refractivity (Wildman–Crippen MR) is 90.4 cm³/mol. The summed E-state index contributed by atoms with van der Waals surface area (Å²) in [4.78, 5) is 16.1. The third kappa shape index (κ3) is 4.55. The molecule has 0 atom stereocenters. The van der Waals surface area contributed by atoms with Gasteiger partial charge in [0.2, 0.25) is 11.8 Å². The quantitative estimate of drug-likeness (QED) is 0.849.